The fourth-order valence-corrected chi connectivity index (χ4v) is 1.65. The summed E-state index contributed by atoms with van der Waals surface area (Å²) in [6.07, 6.45) is 1.02. The topological polar surface area (TPSA) is 53.2 Å². The van der Waals surface area contributed by atoms with Crippen molar-refractivity contribution < 1.29 is 4.79 Å². The maximum Gasteiger partial charge on any atom is 0.221 e. The zero-order chi connectivity index (χ0) is 13.5. The van der Waals surface area contributed by atoms with Crippen molar-refractivity contribution in [1.29, 1.82) is 0 Å². The highest BCUT2D eigenvalue weighted by atomic mass is 32.1. The lowest BCUT2D eigenvalue weighted by Crippen LogP contribution is -2.35. The molecule has 1 atom stereocenters. The number of hydrogen-bond donors (Lipinski definition) is 3. The second-order valence-corrected chi connectivity index (χ2v) is 4.57. The quantitative estimate of drug-likeness (QED) is 0.733. The van der Waals surface area contributed by atoms with E-state index < -0.39 is 0 Å². The van der Waals surface area contributed by atoms with Crippen molar-refractivity contribution in [2.45, 2.75) is 33.2 Å². The number of rotatable bonds is 4. The number of amides is 1. The monoisotopic (exact) mass is 265 g/mol. The Hall–Kier alpha value is -1.62. The Morgan fingerprint density at radius 2 is 1.72 bits per heavy atom. The molecule has 0 aliphatic heterocycles. The molecule has 0 aliphatic carbocycles. The van der Waals surface area contributed by atoms with E-state index in [2.05, 4.69) is 29.8 Å². The molecule has 0 aliphatic rings. The Bertz CT molecular complexity index is 417. The third-order valence-electron chi connectivity index (χ3n) is 2.45. The molecule has 4 nitrogen and oxygen atoms in total. The number of nitrogens with one attached hydrogen (secondary N) is 3. The van der Waals surface area contributed by atoms with Crippen LogP contribution in [-0.4, -0.2) is 17.1 Å². The maximum absolute atomic E-state index is 10.9. The van der Waals surface area contributed by atoms with E-state index in [1.165, 1.54) is 6.92 Å². The molecule has 1 unspecified atom stereocenters. The maximum atomic E-state index is 10.9. The highest BCUT2D eigenvalue weighted by Crippen LogP contribution is 2.13. The number of carbonyl (C=O) groups excluding carboxylic acids is 1. The first-order chi connectivity index (χ1) is 8.51. The Morgan fingerprint density at radius 1 is 1.22 bits per heavy atom. The van der Waals surface area contributed by atoms with Crippen molar-refractivity contribution in [3.8, 4) is 0 Å². The van der Waals surface area contributed by atoms with E-state index in [0.29, 0.717) is 11.2 Å². The van der Waals surface area contributed by atoms with Crippen LogP contribution in [0.1, 0.15) is 27.2 Å². The number of carbonyl (C=O) groups is 1. The lowest BCUT2D eigenvalue weighted by Gasteiger charge is -2.15. The summed E-state index contributed by atoms with van der Waals surface area (Å²) in [6.45, 7) is 5.66. The summed E-state index contributed by atoms with van der Waals surface area (Å²) in [5, 5.41) is 9.59. The molecule has 0 saturated carbocycles. The molecule has 1 rings (SSSR count). The molecule has 0 saturated heterocycles. The Kier molecular flexibility index (Phi) is 5.58. The molecule has 0 bridgehead atoms. The molecule has 0 radical (unpaired) electrons. The molecule has 18 heavy (non-hydrogen) atoms. The normalized spacial score (nSPS) is 11.5. The van der Waals surface area contributed by atoms with Gasteiger partial charge in [0.25, 0.3) is 0 Å². The van der Waals surface area contributed by atoms with Crippen LogP contribution < -0.4 is 16.0 Å². The standard InChI is InChI=1S/C13H19N3OS/c1-4-9(2)14-13(18)16-12-7-5-11(6-8-12)15-10(3)17/h5-9H,4H2,1-3H3,(H,15,17)(H2,14,16,18). The van der Waals surface area contributed by atoms with E-state index in [9.17, 15) is 4.79 Å². The van der Waals surface area contributed by atoms with Crippen LogP contribution in [0.15, 0.2) is 24.3 Å². The van der Waals surface area contributed by atoms with E-state index >= 15 is 0 Å². The molecule has 98 valence electrons. The summed E-state index contributed by atoms with van der Waals surface area (Å²) >= 11 is 5.19. The average molecular weight is 265 g/mol. The van der Waals surface area contributed by atoms with Crippen LogP contribution in [0.3, 0.4) is 0 Å². The van der Waals surface area contributed by atoms with Gasteiger partial charge in [-0.25, -0.2) is 0 Å². The molecule has 0 heterocycles. The molecule has 3 N–H and O–H groups in total. The second-order valence-electron chi connectivity index (χ2n) is 4.17. The summed E-state index contributed by atoms with van der Waals surface area (Å²) in [5.74, 6) is -0.0790. The van der Waals surface area contributed by atoms with E-state index in [-0.39, 0.29) is 5.91 Å². The highest BCUT2D eigenvalue weighted by Gasteiger charge is 2.02. The molecule has 1 aromatic rings. The average Bonchev–Trinajstić information content (AvgIpc) is 2.30. The smallest absolute Gasteiger partial charge is 0.221 e. The Balaban J connectivity index is 2.53. The van der Waals surface area contributed by atoms with Crippen LogP contribution in [0.2, 0.25) is 0 Å². The summed E-state index contributed by atoms with van der Waals surface area (Å²) in [6, 6.07) is 7.75. The molecular formula is C13H19N3OS. The first-order valence-electron chi connectivity index (χ1n) is 5.96. The van der Waals surface area contributed by atoms with E-state index in [4.69, 9.17) is 12.2 Å². The van der Waals surface area contributed by atoms with Gasteiger partial charge in [-0.1, -0.05) is 6.92 Å². The zero-order valence-corrected chi connectivity index (χ0v) is 11.7. The first kappa shape index (κ1) is 14.4. The minimum Gasteiger partial charge on any atom is -0.360 e. The zero-order valence-electron chi connectivity index (χ0n) is 10.9. The van der Waals surface area contributed by atoms with Gasteiger partial charge < -0.3 is 16.0 Å². The summed E-state index contributed by atoms with van der Waals surface area (Å²) in [4.78, 5) is 10.9. The van der Waals surface area contributed by atoms with Crippen molar-refractivity contribution in [3.63, 3.8) is 0 Å². The fourth-order valence-electron chi connectivity index (χ4n) is 1.33. The van der Waals surface area contributed by atoms with Gasteiger partial charge in [0.05, 0.1) is 0 Å². The first-order valence-corrected chi connectivity index (χ1v) is 6.37. The second kappa shape index (κ2) is 6.96. The van der Waals surface area contributed by atoms with Crippen molar-refractivity contribution in [2.75, 3.05) is 10.6 Å². The largest absolute Gasteiger partial charge is 0.360 e. The SMILES string of the molecule is CCC(C)NC(=S)Nc1ccc(NC(C)=O)cc1. The molecule has 0 fully saturated rings. The Morgan fingerprint density at radius 3 is 2.17 bits per heavy atom. The minimum absolute atomic E-state index is 0.0790. The predicted molar refractivity (Wildman–Crippen MR) is 79.9 cm³/mol. The van der Waals surface area contributed by atoms with Crippen molar-refractivity contribution in [3.05, 3.63) is 24.3 Å². The van der Waals surface area contributed by atoms with Gasteiger partial charge in [-0.3, -0.25) is 4.79 Å². The van der Waals surface area contributed by atoms with Gasteiger partial charge in [0, 0.05) is 24.3 Å². The summed E-state index contributed by atoms with van der Waals surface area (Å²) < 4.78 is 0. The van der Waals surface area contributed by atoms with Gasteiger partial charge in [-0.05, 0) is 49.8 Å². The lowest BCUT2D eigenvalue weighted by molar-refractivity contribution is -0.114. The van der Waals surface area contributed by atoms with Gasteiger partial charge in [0.2, 0.25) is 5.91 Å². The van der Waals surface area contributed by atoms with Crippen LogP contribution in [0.5, 0.6) is 0 Å². The van der Waals surface area contributed by atoms with Crippen LogP contribution in [0, 0.1) is 0 Å². The predicted octanol–water partition coefficient (Wildman–Crippen LogP) is 2.73. The van der Waals surface area contributed by atoms with Crippen molar-refractivity contribution >= 4 is 34.6 Å². The fraction of sp³-hybridized carbons (Fsp3) is 0.385. The van der Waals surface area contributed by atoms with Crippen LogP contribution >= 0.6 is 12.2 Å². The van der Waals surface area contributed by atoms with E-state index in [1.807, 2.05) is 24.3 Å². The van der Waals surface area contributed by atoms with E-state index in [1.54, 1.807) is 0 Å². The third-order valence-corrected chi connectivity index (χ3v) is 2.67. The third kappa shape index (κ3) is 5.14. The molecule has 0 spiro atoms. The summed E-state index contributed by atoms with van der Waals surface area (Å²) in [5.41, 5.74) is 1.67. The highest BCUT2D eigenvalue weighted by molar-refractivity contribution is 7.80. The number of hydrogen-bond acceptors (Lipinski definition) is 2. The van der Waals surface area contributed by atoms with Gasteiger partial charge in [-0.2, -0.15) is 0 Å². The van der Waals surface area contributed by atoms with Crippen LogP contribution in [-0.2, 0) is 4.79 Å². The van der Waals surface area contributed by atoms with Crippen molar-refractivity contribution in [2.24, 2.45) is 0 Å². The van der Waals surface area contributed by atoms with Crippen molar-refractivity contribution in [1.82, 2.24) is 5.32 Å². The molecule has 5 heteroatoms. The van der Waals surface area contributed by atoms with Crippen LogP contribution in [0.25, 0.3) is 0 Å². The number of benzene rings is 1. The number of thiocarbonyl (C=S) groups is 1. The minimum atomic E-state index is -0.0790. The summed E-state index contributed by atoms with van der Waals surface area (Å²) in [7, 11) is 0. The van der Waals surface area contributed by atoms with Crippen LogP contribution in [0.4, 0.5) is 11.4 Å². The van der Waals surface area contributed by atoms with E-state index in [0.717, 1.165) is 17.8 Å². The molecule has 0 aromatic heterocycles. The lowest BCUT2D eigenvalue weighted by atomic mass is 10.2. The van der Waals surface area contributed by atoms with Gasteiger partial charge >= 0.3 is 0 Å². The molecular weight excluding hydrogens is 246 g/mol. The molecule has 1 aromatic carbocycles. The van der Waals surface area contributed by atoms with Gasteiger partial charge in [0.15, 0.2) is 5.11 Å². The molecule has 1 amide bonds. The van der Waals surface area contributed by atoms with Gasteiger partial charge in [-0.15, -0.1) is 0 Å². The Labute approximate surface area is 113 Å². The number of anilines is 2. The van der Waals surface area contributed by atoms with Gasteiger partial charge in [0.1, 0.15) is 0 Å².